The highest BCUT2D eigenvalue weighted by Crippen LogP contribution is 2.32. The van der Waals surface area contributed by atoms with Crippen LogP contribution in [0.15, 0.2) is 91.6 Å². The van der Waals surface area contributed by atoms with Gasteiger partial charge in [0.2, 0.25) is 0 Å². The Kier molecular flexibility index (Phi) is 10.6. The lowest BCUT2D eigenvalue weighted by Crippen LogP contribution is -2.30. The van der Waals surface area contributed by atoms with E-state index in [0.29, 0.717) is 24.2 Å². The largest absolute Gasteiger partial charge is 0.468 e. The first-order valence-corrected chi connectivity index (χ1v) is 14.9. The Bertz CT molecular complexity index is 1690. The van der Waals surface area contributed by atoms with Crippen LogP contribution in [0.25, 0.3) is 21.9 Å². The van der Waals surface area contributed by atoms with Gasteiger partial charge in [-0.2, -0.15) is 17.0 Å². The van der Waals surface area contributed by atoms with Crippen molar-refractivity contribution >= 4 is 34.4 Å². The number of hydrogen-bond donors (Lipinski definition) is 1. The second kappa shape index (κ2) is 14.7. The van der Waals surface area contributed by atoms with Gasteiger partial charge in [-0.15, -0.1) is 0 Å². The molecular weight excluding hydrogens is 546 g/mol. The number of ether oxygens (including phenoxy) is 1. The van der Waals surface area contributed by atoms with E-state index in [2.05, 4.69) is 34.3 Å². The Morgan fingerprint density at radius 3 is 2.45 bits per heavy atom. The predicted octanol–water partition coefficient (Wildman–Crippen LogP) is 5.75. The first-order chi connectivity index (χ1) is 20.5. The molecule has 2 heterocycles. The molecule has 0 fully saturated rings. The summed E-state index contributed by atoms with van der Waals surface area (Å²) in [6, 6.07) is 23.6. The lowest BCUT2D eigenvalue weighted by Gasteiger charge is -2.09. The van der Waals surface area contributed by atoms with Crippen LogP contribution < -0.4 is 5.32 Å². The third-order valence-corrected chi connectivity index (χ3v) is 7.27. The predicted molar refractivity (Wildman–Crippen MR) is 167 cm³/mol. The van der Waals surface area contributed by atoms with Gasteiger partial charge in [-0.05, 0) is 46.0 Å². The van der Waals surface area contributed by atoms with Gasteiger partial charge in [0, 0.05) is 30.7 Å². The van der Waals surface area contributed by atoms with Gasteiger partial charge in [-0.1, -0.05) is 61.5 Å². The van der Waals surface area contributed by atoms with Crippen LogP contribution in [0, 0.1) is 11.3 Å². The molecule has 0 aliphatic rings. The number of nitrogens with one attached hydrogen (secondary N) is 1. The van der Waals surface area contributed by atoms with Gasteiger partial charge in [-0.25, -0.2) is 4.98 Å². The molecule has 0 aliphatic heterocycles. The highest BCUT2D eigenvalue weighted by atomic mass is 32.2. The molecular formula is C33H33N5O3S. The lowest BCUT2D eigenvalue weighted by atomic mass is 9.97. The molecule has 0 radical (unpaired) electrons. The van der Waals surface area contributed by atoms with Gasteiger partial charge < -0.3 is 19.2 Å². The summed E-state index contributed by atoms with van der Waals surface area (Å²) in [5.41, 5.74) is 4.78. The molecule has 0 atom stereocenters. The average Bonchev–Trinajstić information content (AvgIpc) is 3.66. The van der Waals surface area contributed by atoms with Crippen molar-refractivity contribution in [2.24, 2.45) is 0 Å². The zero-order valence-corrected chi connectivity index (χ0v) is 24.7. The van der Waals surface area contributed by atoms with Crippen LogP contribution in [0.4, 0.5) is 0 Å². The minimum absolute atomic E-state index is 0.215. The molecule has 1 N–H and O–H groups in total. The molecule has 0 bridgehead atoms. The van der Waals surface area contributed by atoms with E-state index < -0.39 is 5.97 Å². The number of amides is 1. The fourth-order valence-corrected chi connectivity index (χ4v) is 4.47. The quantitative estimate of drug-likeness (QED) is 0.223. The number of carbonyl (C=O) groups is 2. The van der Waals surface area contributed by atoms with E-state index in [0.717, 1.165) is 33.2 Å². The number of benzene rings is 3. The zero-order valence-electron chi connectivity index (χ0n) is 23.9. The Hall–Kier alpha value is -4.81. The fourth-order valence-electron chi connectivity index (χ4n) is 4.47. The number of aromatic nitrogens is 3. The van der Waals surface area contributed by atoms with Crippen molar-refractivity contribution in [3.05, 3.63) is 114 Å². The fraction of sp³-hybridized carbons (Fsp3) is 0.212. The zero-order chi connectivity index (χ0) is 29.9. The first-order valence-electron chi connectivity index (χ1n) is 13.5. The number of carbonyl (C=O) groups excluding carboxylic acids is 2. The van der Waals surface area contributed by atoms with Crippen LogP contribution in [0.1, 0.15) is 34.1 Å². The van der Waals surface area contributed by atoms with Crippen molar-refractivity contribution < 1.29 is 14.3 Å². The third kappa shape index (κ3) is 7.47. The van der Waals surface area contributed by atoms with E-state index in [9.17, 15) is 9.59 Å². The lowest BCUT2D eigenvalue weighted by molar-refractivity contribution is -0.139. The normalized spacial score (nSPS) is 10.4. The van der Waals surface area contributed by atoms with Crippen LogP contribution >= 0.6 is 11.8 Å². The van der Waals surface area contributed by atoms with Crippen LogP contribution in [0.3, 0.4) is 0 Å². The van der Waals surface area contributed by atoms with E-state index in [1.165, 1.54) is 12.9 Å². The number of thioether (sulfide) groups is 1. The maximum atomic E-state index is 13.2. The van der Waals surface area contributed by atoms with Gasteiger partial charge in [0.25, 0.3) is 5.91 Å². The molecule has 214 valence electrons. The van der Waals surface area contributed by atoms with Gasteiger partial charge >= 0.3 is 5.97 Å². The molecule has 5 rings (SSSR count). The van der Waals surface area contributed by atoms with Crippen molar-refractivity contribution in [1.82, 2.24) is 19.4 Å². The van der Waals surface area contributed by atoms with Crippen LogP contribution in [-0.2, 0) is 22.6 Å². The topological polar surface area (TPSA) is 102 Å². The number of imidazole rings is 1. The Morgan fingerprint density at radius 1 is 1.00 bits per heavy atom. The number of methoxy groups -OCH3 is 1. The molecule has 0 unspecified atom stereocenters. The molecule has 0 spiro atoms. The number of nitriles is 1. The minimum atomic E-state index is -0.517. The molecule has 5 aromatic rings. The molecule has 0 aliphatic carbocycles. The van der Waals surface area contributed by atoms with E-state index in [1.54, 1.807) is 30.9 Å². The number of esters is 1. The first kappa shape index (κ1) is 30.2. The standard InChI is InChI=1S/C30H25N5O3.C3H8S/c1-38-29(36)15-33-30(37)28-19-34(18-27(28)26-8-4-6-23-5-2-3-7-25(23)26)17-24-14-32-20-35(24)16-22-11-9-21(13-31)10-12-22;1-3-4-2/h2-12,14,18-20H,15-17H2,1H3,(H,33,37);3H2,1-2H3. The van der Waals surface area contributed by atoms with Crippen molar-refractivity contribution in [1.29, 1.82) is 5.26 Å². The summed E-state index contributed by atoms with van der Waals surface area (Å²) in [4.78, 5) is 29.2. The van der Waals surface area contributed by atoms with E-state index in [1.807, 2.05) is 81.7 Å². The summed E-state index contributed by atoms with van der Waals surface area (Å²) >= 11 is 1.86. The molecule has 2 aromatic heterocycles. The Balaban J connectivity index is 0.000000952. The molecule has 3 aromatic carbocycles. The molecule has 8 nitrogen and oxygen atoms in total. The molecule has 42 heavy (non-hydrogen) atoms. The van der Waals surface area contributed by atoms with Crippen molar-refractivity contribution in [2.75, 3.05) is 25.7 Å². The van der Waals surface area contributed by atoms with E-state index >= 15 is 0 Å². The van der Waals surface area contributed by atoms with E-state index in [-0.39, 0.29) is 12.5 Å². The Labute approximate surface area is 249 Å². The van der Waals surface area contributed by atoms with Gasteiger partial charge in [0.15, 0.2) is 0 Å². The second-order valence-corrected chi connectivity index (χ2v) is 10.6. The van der Waals surface area contributed by atoms with Crippen LogP contribution in [-0.4, -0.2) is 51.7 Å². The Morgan fingerprint density at radius 2 is 1.74 bits per heavy atom. The monoisotopic (exact) mass is 579 g/mol. The molecule has 1 amide bonds. The maximum Gasteiger partial charge on any atom is 0.325 e. The summed E-state index contributed by atoms with van der Waals surface area (Å²) in [5.74, 6) is 0.361. The summed E-state index contributed by atoms with van der Waals surface area (Å²) in [6.07, 6.45) is 9.42. The number of nitrogens with zero attached hydrogens (tertiary/aromatic N) is 4. The summed E-state index contributed by atoms with van der Waals surface area (Å²) < 4.78 is 8.67. The summed E-state index contributed by atoms with van der Waals surface area (Å²) in [7, 11) is 1.29. The SMILES string of the molecule is CCSC.COC(=O)CNC(=O)c1cn(Cc2cncn2Cc2ccc(C#N)cc2)cc1-c1cccc2ccccc12. The van der Waals surface area contributed by atoms with Crippen LogP contribution in [0.2, 0.25) is 0 Å². The van der Waals surface area contributed by atoms with Crippen molar-refractivity contribution in [3.8, 4) is 17.2 Å². The van der Waals surface area contributed by atoms with Gasteiger partial charge in [-0.3, -0.25) is 9.59 Å². The van der Waals surface area contributed by atoms with Crippen molar-refractivity contribution in [2.45, 2.75) is 20.0 Å². The van der Waals surface area contributed by atoms with Crippen molar-refractivity contribution in [3.63, 3.8) is 0 Å². The highest BCUT2D eigenvalue weighted by molar-refractivity contribution is 7.98. The highest BCUT2D eigenvalue weighted by Gasteiger charge is 2.19. The average molecular weight is 580 g/mol. The number of fused-ring (bicyclic) bond motifs is 1. The number of rotatable bonds is 9. The van der Waals surface area contributed by atoms with Gasteiger partial charge in [0.05, 0.1) is 42.9 Å². The van der Waals surface area contributed by atoms with E-state index in [4.69, 9.17) is 5.26 Å². The smallest absolute Gasteiger partial charge is 0.325 e. The number of hydrogen-bond acceptors (Lipinski definition) is 6. The van der Waals surface area contributed by atoms with Crippen LogP contribution in [0.5, 0.6) is 0 Å². The third-order valence-electron chi connectivity index (χ3n) is 6.69. The molecule has 0 saturated carbocycles. The minimum Gasteiger partial charge on any atom is -0.468 e. The maximum absolute atomic E-state index is 13.2. The summed E-state index contributed by atoms with van der Waals surface area (Å²) in [5, 5.41) is 13.8. The summed E-state index contributed by atoms with van der Waals surface area (Å²) in [6.45, 7) is 3.01. The molecule has 0 saturated heterocycles. The van der Waals surface area contributed by atoms with Gasteiger partial charge in [0.1, 0.15) is 6.54 Å². The molecule has 9 heteroatoms. The second-order valence-electron chi connectivity index (χ2n) is 9.44.